The first-order chi connectivity index (χ1) is 14.3. The van der Waals surface area contributed by atoms with Crippen LogP contribution >= 0.6 is 0 Å². The highest BCUT2D eigenvalue weighted by Gasteiger charge is 2.42. The van der Waals surface area contributed by atoms with Crippen LogP contribution in [0.15, 0.2) is 48.5 Å². The van der Waals surface area contributed by atoms with Crippen LogP contribution in [0, 0.1) is 11.7 Å². The van der Waals surface area contributed by atoms with Crippen molar-refractivity contribution in [2.24, 2.45) is 5.92 Å². The molecule has 7 nitrogen and oxygen atoms in total. The summed E-state index contributed by atoms with van der Waals surface area (Å²) in [4.78, 5) is 28.6. The van der Waals surface area contributed by atoms with Crippen molar-refractivity contribution >= 4 is 33.2 Å². The van der Waals surface area contributed by atoms with E-state index in [1.54, 1.807) is 30.0 Å². The van der Waals surface area contributed by atoms with Crippen molar-refractivity contribution < 1.29 is 22.4 Å². The van der Waals surface area contributed by atoms with Crippen molar-refractivity contribution in [1.82, 2.24) is 4.90 Å². The molecule has 4 rings (SSSR count). The first-order valence-electron chi connectivity index (χ1n) is 9.73. The van der Waals surface area contributed by atoms with Crippen LogP contribution in [-0.2, 0) is 14.8 Å². The van der Waals surface area contributed by atoms with Gasteiger partial charge in [0.15, 0.2) is 0 Å². The Morgan fingerprint density at radius 2 is 1.63 bits per heavy atom. The summed E-state index contributed by atoms with van der Waals surface area (Å²) < 4.78 is 39.2. The second kappa shape index (κ2) is 7.71. The molecule has 0 aliphatic carbocycles. The molecule has 2 fully saturated rings. The quantitative estimate of drug-likeness (QED) is 0.744. The van der Waals surface area contributed by atoms with Gasteiger partial charge in [-0.3, -0.25) is 9.59 Å². The monoisotopic (exact) mass is 431 g/mol. The predicted molar refractivity (Wildman–Crippen MR) is 111 cm³/mol. The van der Waals surface area contributed by atoms with Gasteiger partial charge in [0.25, 0.3) is 5.91 Å². The standard InChI is InChI=1S/C21H22FN3O4S/c1-15-14-30(28,29)25(20(15)26)17-8-6-16(7-9-17)21(27)24-12-10-23(11-13-24)19-5-3-2-4-18(19)22/h2-9,15H,10-14H2,1H3. The van der Waals surface area contributed by atoms with Crippen LogP contribution in [-0.4, -0.2) is 57.1 Å². The van der Waals surface area contributed by atoms with Gasteiger partial charge in [0.05, 0.1) is 23.0 Å². The Labute approximate surface area is 174 Å². The van der Waals surface area contributed by atoms with Crippen LogP contribution in [0.1, 0.15) is 17.3 Å². The summed E-state index contributed by atoms with van der Waals surface area (Å²) >= 11 is 0. The summed E-state index contributed by atoms with van der Waals surface area (Å²) in [5.74, 6) is -1.72. The molecule has 2 aromatic carbocycles. The molecule has 2 saturated heterocycles. The highest BCUT2D eigenvalue weighted by Crippen LogP contribution is 2.28. The molecule has 30 heavy (non-hydrogen) atoms. The minimum atomic E-state index is -3.68. The Morgan fingerprint density at radius 3 is 2.20 bits per heavy atom. The molecule has 158 valence electrons. The van der Waals surface area contributed by atoms with E-state index in [1.807, 2.05) is 4.90 Å². The van der Waals surface area contributed by atoms with Crippen molar-refractivity contribution in [3.63, 3.8) is 0 Å². The van der Waals surface area contributed by atoms with Crippen LogP contribution in [0.25, 0.3) is 0 Å². The van der Waals surface area contributed by atoms with Gasteiger partial charge in [0, 0.05) is 31.7 Å². The molecular formula is C21H22FN3O4S. The Hall–Kier alpha value is -2.94. The van der Waals surface area contributed by atoms with Crippen molar-refractivity contribution in [3.05, 3.63) is 59.9 Å². The Morgan fingerprint density at radius 1 is 1.00 bits per heavy atom. The smallest absolute Gasteiger partial charge is 0.253 e. The lowest BCUT2D eigenvalue weighted by atomic mass is 10.1. The number of sulfonamides is 1. The summed E-state index contributed by atoms with van der Waals surface area (Å²) in [6.45, 7) is 3.52. The summed E-state index contributed by atoms with van der Waals surface area (Å²) in [6.07, 6.45) is 0. The molecule has 0 radical (unpaired) electrons. The number of hydrogen-bond donors (Lipinski definition) is 0. The van der Waals surface area contributed by atoms with Crippen LogP contribution in [0.5, 0.6) is 0 Å². The van der Waals surface area contributed by atoms with Crippen LogP contribution < -0.4 is 9.21 Å². The van der Waals surface area contributed by atoms with E-state index in [9.17, 15) is 22.4 Å². The molecule has 0 saturated carbocycles. The lowest BCUT2D eigenvalue weighted by molar-refractivity contribution is -0.119. The van der Waals surface area contributed by atoms with Gasteiger partial charge in [-0.25, -0.2) is 17.1 Å². The molecular weight excluding hydrogens is 409 g/mol. The fraction of sp³-hybridized carbons (Fsp3) is 0.333. The van der Waals surface area contributed by atoms with E-state index >= 15 is 0 Å². The Balaban J connectivity index is 1.44. The number of benzene rings is 2. The van der Waals surface area contributed by atoms with Gasteiger partial charge < -0.3 is 9.80 Å². The average Bonchev–Trinajstić information content (AvgIpc) is 2.94. The SMILES string of the molecule is CC1CS(=O)(=O)N(c2ccc(C(=O)N3CCN(c4ccccc4F)CC3)cc2)C1=O. The Bertz CT molecular complexity index is 1080. The second-order valence-electron chi connectivity index (χ2n) is 7.56. The number of anilines is 2. The van der Waals surface area contributed by atoms with E-state index in [1.165, 1.54) is 30.3 Å². The fourth-order valence-corrected chi connectivity index (χ4v) is 5.69. The number of carbonyl (C=O) groups excluding carboxylic acids is 2. The third-order valence-electron chi connectivity index (χ3n) is 5.47. The minimum absolute atomic E-state index is 0.182. The molecule has 2 heterocycles. The summed E-state index contributed by atoms with van der Waals surface area (Å²) in [6, 6.07) is 12.6. The van der Waals surface area contributed by atoms with Crippen LogP contribution in [0.3, 0.4) is 0 Å². The molecule has 2 amide bonds. The van der Waals surface area contributed by atoms with Crippen molar-refractivity contribution in [2.45, 2.75) is 6.92 Å². The third-order valence-corrected chi connectivity index (χ3v) is 7.34. The maximum absolute atomic E-state index is 14.0. The third kappa shape index (κ3) is 3.65. The molecule has 2 aromatic rings. The first kappa shape index (κ1) is 20.3. The molecule has 0 aromatic heterocycles. The van der Waals surface area contributed by atoms with E-state index in [0.717, 1.165) is 4.31 Å². The summed E-state index contributed by atoms with van der Waals surface area (Å²) in [5.41, 5.74) is 1.18. The maximum atomic E-state index is 14.0. The summed E-state index contributed by atoms with van der Waals surface area (Å²) in [7, 11) is -3.68. The van der Waals surface area contributed by atoms with Gasteiger partial charge in [-0.1, -0.05) is 19.1 Å². The van der Waals surface area contributed by atoms with E-state index < -0.39 is 21.8 Å². The molecule has 1 atom stereocenters. The maximum Gasteiger partial charge on any atom is 0.253 e. The molecule has 1 unspecified atom stereocenters. The highest BCUT2D eigenvalue weighted by molar-refractivity contribution is 7.94. The molecule has 0 bridgehead atoms. The van der Waals surface area contributed by atoms with E-state index in [0.29, 0.717) is 37.4 Å². The molecule has 2 aliphatic rings. The molecule has 0 N–H and O–H groups in total. The number of amides is 2. The number of piperazine rings is 1. The number of para-hydroxylation sites is 1. The normalized spacial score (nSPS) is 21.2. The number of carbonyl (C=O) groups is 2. The topological polar surface area (TPSA) is 78.0 Å². The first-order valence-corrected chi connectivity index (χ1v) is 11.3. The fourth-order valence-electron chi connectivity index (χ4n) is 3.87. The zero-order valence-electron chi connectivity index (χ0n) is 16.5. The van der Waals surface area contributed by atoms with Gasteiger partial charge in [-0.05, 0) is 36.4 Å². The molecule has 9 heteroatoms. The highest BCUT2D eigenvalue weighted by atomic mass is 32.2. The number of nitrogens with zero attached hydrogens (tertiary/aromatic N) is 3. The zero-order chi connectivity index (χ0) is 21.5. The summed E-state index contributed by atoms with van der Waals surface area (Å²) in [5, 5.41) is 0. The number of halogens is 1. The van der Waals surface area contributed by atoms with Crippen LogP contribution in [0.4, 0.5) is 15.8 Å². The van der Waals surface area contributed by atoms with Crippen molar-refractivity contribution in [2.75, 3.05) is 41.1 Å². The van der Waals surface area contributed by atoms with Gasteiger partial charge in [-0.2, -0.15) is 0 Å². The molecule has 0 spiro atoms. The number of rotatable bonds is 3. The van der Waals surface area contributed by atoms with Crippen molar-refractivity contribution in [1.29, 1.82) is 0 Å². The van der Waals surface area contributed by atoms with Gasteiger partial charge in [-0.15, -0.1) is 0 Å². The van der Waals surface area contributed by atoms with E-state index in [2.05, 4.69) is 0 Å². The Kier molecular flexibility index (Phi) is 5.23. The average molecular weight is 431 g/mol. The zero-order valence-corrected chi connectivity index (χ0v) is 17.3. The van der Waals surface area contributed by atoms with E-state index in [4.69, 9.17) is 0 Å². The largest absolute Gasteiger partial charge is 0.366 e. The van der Waals surface area contributed by atoms with Gasteiger partial charge in [0.2, 0.25) is 15.9 Å². The number of hydrogen-bond acceptors (Lipinski definition) is 5. The van der Waals surface area contributed by atoms with E-state index in [-0.39, 0.29) is 23.2 Å². The lowest BCUT2D eigenvalue weighted by Gasteiger charge is -2.36. The predicted octanol–water partition coefficient (Wildman–Crippen LogP) is 2.10. The second-order valence-corrected chi connectivity index (χ2v) is 9.42. The van der Waals surface area contributed by atoms with Gasteiger partial charge in [0.1, 0.15) is 5.82 Å². The lowest BCUT2D eigenvalue weighted by Crippen LogP contribution is -2.49. The minimum Gasteiger partial charge on any atom is -0.366 e. The molecule has 2 aliphatic heterocycles. The van der Waals surface area contributed by atoms with Crippen molar-refractivity contribution in [3.8, 4) is 0 Å². The van der Waals surface area contributed by atoms with Crippen LogP contribution in [0.2, 0.25) is 0 Å². The van der Waals surface area contributed by atoms with Gasteiger partial charge >= 0.3 is 0 Å².